The average Bonchev–Trinajstić information content (AvgIpc) is 2.30. The van der Waals surface area contributed by atoms with Crippen molar-refractivity contribution in [3.8, 4) is 0 Å². The van der Waals surface area contributed by atoms with E-state index in [2.05, 4.69) is 33.2 Å². The van der Waals surface area contributed by atoms with E-state index in [0.29, 0.717) is 0 Å². The van der Waals surface area contributed by atoms with Crippen molar-refractivity contribution in [3.05, 3.63) is 28.5 Å². The second kappa shape index (κ2) is 5.83. The molecule has 1 aliphatic heterocycles. The number of benzene rings is 1. The van der Waals surface area contributed by atoms with Gasteiger partial charge in [-0.15, -0.1) is 0 Å². The van der Waals surface area contributed by atoms with E-state index in [0.717, 1.165) is 22.6 Å². The molecular weight excluding hydrogens is 283 g/mol. The second-order valence-corrected chi connectivity index (χ2v) is 5.61. The molecule has 1 aromatic rings. The lowest BCUT2D eigenvalue weighted by Crippen LogP contribution is -2.32. The SMILES string of the molecule is CN1CCC(CNc2ccc(F)cc2Br)CC1. The molecule has 4 heteroatoms. The van der Waals surface area contributed by atoms with Crippen LogP contribution in [0.2, 0.25) is 0 Å². The number of halogens is 2. The lowest BCUT2D eigenvalue weighted by Gasteiger charge is -2.29. The Kier molecular flexibility index (Phi) is 4.40. The van der Waals surface area contributed by atoms with E-state index in [4.69, 9.17) is 0 Å². The lowest BCUT2D eigenvalue weighted by molar-refractivity contribution is 0.226. The third-order valence-electron chi connectivity index (χ3n) is 3.35. The van der Waals surface area contributed by atoms with Gasteiger partial charge < -0.3 is 10.2 Å². The van der Waals surface area contributed by atoms with Crippen molar-refractivity contribution < 1.29 is 4.39 Å². The average molecular weight is 301 g/mol. The molecule has 0 spiro atoms. The highest BCUT2D eigenvalue weighted by atomic mass is 79.9. The first kappa shape index (κ1) is 12.8. The first-order valence-electron chi connectivity index (χ1n) is 6.02. The molecule has 1 saturated heterocycles. The minimum absolute atomic E-state index is 0.207. The fourth-order valence-electron chi connectivity index (χ4n) is 2.15. The van der Waals surface area contributed by atoms with Gasteiger partial charge in [-0.25, -0.2) is 4.39 Å². The van der Waals surface area contributed by atoms with Crippen LogP contribution in [0.1, 0.15) is 12.8 Å². The fraction of sp³-hybridized carbons (Fsp3) is 0.538. The summed E-state index contributed by atoms with van der Waals surface area (Å²) in [7, 11) is 2.17. The summed E-state index contributed by atoms with van der Waals surface area (Å²) in [6.07, 6.45) is 2.48. The Bertz CT molecular complexity index is 376. The number of likely N-dealkylation sites (tertiary alicyclic amines) is 1. The molecule has 94 valence electrons. The van der Waals surface area contributed by atoms with Gasteiger partial charge in [-0.05, 0) is 73.0 Å². The number of nitrogens with one attached hydrogen (secondary N) is 1. The van der Waals surface area contributed by atoms with E-state index in [1.165, 1.54) is 38.1 Å². The van der Waals surface area contributed by atoms with E-state index < -0.39 is 0 Å². The second-order valence-electron chi connectivity index (χ2n) is 4.75. The molecule has 0 atom stereocenters. The van der Waals surface area contributed by atoms with E-state index in [1.54, 1.807) is 6.07 Å². The molecule has 1 N–H and O–H groups in total. The zero-order valence-electron chi connectivity index (χ0n) is 10.0. The van der Waals surface area contributed by atoms with Gasteiger partial charge in [-0.2, -0.15) is 0 Å². The van der Waals surface area contributed by atoms with E-state index in [1.807, 2.05) is 0 Å². The Balaban J connectivity index is 1.85. The van der Waals surface area contributed by atoms with Gasteiger partial charge >= 0.3 is 0 Å². The molecule has 0 unspecified atom stereocenters. The topological polar surface area (TPSA) is 15.3 Å². The molecular formula is C13H18BrFN2. The van der Waals surface area contributed by atoms with Crippen LogP contribution in [0.15, 0.2) is 22.7 Å². The Morgan fingerprint density at radius 1 is 1.41 bits per heavy atom. The standard InChI is InChI=1S/C13H18BrFN2/c1-17-6-4-10(5-7-17)9-16-13-3-2-11(15)8-12(13)14/h2-3,8,10,16H,4-7,9H2,1H3. The smallest absolute Gasteiger partial charge is 0.124 e. The molecule has 0 radical (unpaired) electrons. The number of nitrogens with zero attached hydrogens (tertiary/aromatic N) is 1. The van der Waals surface area contributed by atoms with Crippen LogP contribution in [-0.2, 0) is 0 Å². The number of piperidine rings is 1. The molecule has 0 aliphatic carbocycles. The number of hydrogen-bond donors (Lipinski definition) is 1. The highest BCUT2D eigenvalue weighted by Crippen LogP contribution is 2.24. The van der Waals surface area contributed by atoms with Crippen molar-refractivity contribution in [1.82, 2.24) is 4.90 Å². The molecule has 0 aromatic heterocycles. The van der Waals surface area contributed by atoms with Gasteiger partial charge in [0.2, 0.25) is 0 Å². The van der Waals surface area contributed by atoms with Gasteiger partial charge in [0.25, 0.3) is 0 Å². The summed E-state index contributed by atoms with van der Waals surface area (Å²) in [5, 5.41) is 3.39. The number of anilines is 1. The van der Waals surface area contributed by atoms with Crippen LogP contribution < -0.4 is 5.32 Å². The van der Waals surface area contributed by atoms with Gasteiger partial charge in [0.05, 0.1) is 0 Å². The number of rotatable bonds is 3. The molecule has 2 nitrogen and oxygen atoms in total. The molecule has 0 saturated carbocycles. The van der Waals surface area contributed by atoms with Crippen LogP contribution in [0.25, 0.3) is 0 Å². The van der Waals surface area contributed by atoms with Crippen molar-refractivity contribution in [2.75, 3.05) is 32.0 Å². The van der Waals surface area contributed by atoms with Gasteiger partial charge in [0.1, 0.15) is 5.82 Å². The Morgan fingerprint density at radius 2 is 2.12 bits per heavy atom. The molecule has 1 fully saturated rings. The summed E-state index contributed by atoms with van der Waals surface area (Å²) >= 11 is 3.37. The minimum Gasteiger partial charge on any atom is -0.384 e. The summed E-state index contributed by atoms with van der Waals surface area (Å²) < 4.78 is 13.7. The molecule has 17 heavy (non-hydrogen) atoms. The molecule has 2 rings (SSSR count). The van der Waals surface area contributed by atoms with E-state index >= 15 is 0 Å². The maximum atomic E-state index is 12.9. The quantitative estimate of drug-likeness (QED) is 0.921. The van der Waals surface area contributed by atoms with Gasteiger partial charge in [-0.3, -0.25) is 0 Å². The third kappa shape index (κ3) is 3.68. The summed E-state index contributed by atoms with van der Waals surface area (Å²) in [6, 6.07) is 4.77. The normalized spacial score (nSPS) is 18.3. The third-order valence-corrected chi connectivity index (χ3v) is 4.01. The van der Waals surface area contributed by atoms with Crippen LogP contribution >= 0.6 is 15.9 Å². The maximum absolute atomic E-state index is 12.9. The zero-order valence-corrected chi connectivity index (χ0v) is 11.6. The first-order chi connectivity index (χ1) is 8.15. The maximum Gasteiger partial charge on any atom is 0.124 e. The summed E-state index contributed by atoms with van der Waals surface area (Å²) in [5.41, 5.74) is 0.977. The predicted octanol–water partition coefficient (Wildman–Crippen LogP) is 3.34. The fourth-order valence-corrected chi connectivity index (χ4v) is 2.64. The zero-order chi connectivity index (χ0) is 12.3. The first-order valence-corrected chi connectivity index (χ1v) is 6.82. The lowest BCUT2D eigenvalue weighted by atomic mass is 9.97. The number of hydrogen-bond acceptors (Lipinski definition) is 2. The van der Waals surface area contributed by atoms with Crippen LogP contribution in [0.3, 0.4) is 0 Å². The minimum atomic E-state index is -0.207. The van der Waals surface area contributed by atoms with Crippen LogP contribution in [0.4, 0.5) is 10.1 Å². The van der Waals surface area contributed by atoms with Crippen molar-refractivity contribution in [2.24, 2.45) is 5.92 Å². The largest absolute Gasteiger partial charge is 0.384 e. The summed E-state index contributed by atoms with van der Waals surface area (Å²) in [6.45, 7) is 3.33. The van der Waals surface area contributed by atoms with Gasteiger partial charge in [0, 0.05) is 16.7 Å². The molecule has 0 bridgehead atoms. The Labute approximate surface area is 110 Å². The monoisotopic (exact) mass is 300 g/mol. The van der Waals surface area contributed by atoms with Crippen LogP contribution in [0, 0.1) is 11.7 Å². The molecule has 1 aromatic carbocycles. The van der Waals surface area contributed by atoms with Gasteiger partial charge in [-0.1, -0.05) is 0 Å². The molecule has 0 amide bonds. The Hall–Kier alpha value is -0.610. The molecule has 1 aliphatic rings. The van der Waals surface area contributed by atoms with Crippen molar-refractivity contribution >= 4 is 21.6 Å². The van der Waals surface area contributed by atoms with Crippen molar-refractivity contribution in [1.29, 1.82) is 0 Å². The Morgan fingerprint density at radius 3 is 2.76 bits per heavy atom. The van der Waals surface area contributed by atoms with Crippen LogP contribution in [-0.4, -0.2) is 31.6 Å². The van der Waals surface area contributed by atoms with Crippen molar-refractivity contribution in [2.45, 2.75) is 12.8 Å². The predicted molar refractivity (Wildman–Crippen MR) is 72.8 cm³/mol. The van der Waals surface area contributed by atoms with Crippen molar-refractivity contribution in [3.63, 3.8) is 0 Å². The highest BCUT2D eigenvalue weighted by molar-refractivity contribution is 9.10. The van der Waals surface area contributed by atoms with E-state index in [9.17, 15) is 4.39 Å². The van der Waals surface area contributed by atoms with Crippen LogP contribution in [0.5, 0.6) is 0 Å². The summed E-state index contributed by atoms with van der Waals surface area (Å²) in [4.78, 5) is 2.37. The van der Waals surface area contributed by atoms with E-state index in [-0.39, 0.29) is 5.82 Å². The molecule has 1 heterocycles. The van der Waals surface area contributed by atoms with Gasteiger partial charge in [0.15, 0.2) is 0 Å². The highest BCUT2D eigenvalue weighted by Gasteiger charge is 2.16. The summed E-state index contributed by atoms with van der Waals surface area (Å²) in [5.74, 6) is 0.518.